The van der Waals surface area contributed by atoms with Gasteiger partial charge < -0.3 is 9.47 Å². The van der Waals surface area contributed by atoms with Crippen molar-refractivity contribution in [3.8, 4) is 11.5 Å². The van der Waals surface area contributed by atoms with E-state index in [0.29, 0.717) is 18.8 Å². The molecule has 6 heteroatoms. The van der Waals surface area contributed by atoms with Crippen LogP contribution in [0, 0.1) is 26.2 Å². The minimum Gasteiger partial charge on any atom is -0.493 e. The molecule has 0 saturated heterocycles. The topological polar surface area (TPSA) is 76.7 Å². The first-order chi connectivity index (χ1) is 14.2. The largest absolute Gasteiger partial charge is 0.493 e. The summed E-state index contributed by atoms with van der Waals surface area (Å²) in [6.07, 6.45) is 1.34. The summed E-state index contributed by atoms with van der Waals surface area (Å²) in [4.78, 5) is 24.4. The summed E-state index contributed by atoms with van der Waals surface area (Å²) in [6, 6.07) is 13.5. The Bertz CT molecular complexity index is 877. The lowest BCUT2D eigenvalue weighted by atomic mass is 9.87. The zero-order valence-corrected chi connectivity index (χ0v) is 18.5. The molecule has 30 heavy (non-hydrogen) atoms. The Morgan fingerprint density at radius 2 is 1.67 bits per heavy atom. The predicted octanol–water partition coefficient (Wildman–Crippen LogP) is 4.02. The average molecular weight is 413 g/mol. The van der Waals surface area contributed by atoms with Gasteiger partial charge in [-0.15, -0.1) is 0 Å². The number of amides is 2. The van der Waals surface area contributed by atoms with Crippen molar-refractivity contribution in [2.24, 2.45) is 5.41 Å². The summed E-state index contributed by atoms with van der Waals surface area (Å²) in [7, 11) is 0. The van der Waals surface area contributed by atoms with Gasteiger partial charge in [-0.3, -0.25) is 20.4 Å². The van der Waals surface area contributed by atoms with Gasteiger partial charge in [0.05, 0.1) is 6.61 Å². The Balaban J connectivity index is 1.70. The van der Waals surface area contributed by atoms with Crippen LogP contribution in [0.4, 0.5) is 0 Å². The van der Waals surface area contributed by atoms with Gasteiger partial charge in [-0.05, 0) is 68.5 Å². The zero-order chi connectivity index (χ0) is 22.1. The van der Waals surface area contributed by atoms with Crippen LogP contribution in [0.1, 0.15) is 43.4 Å². The van der Waals surface area contributed by atoms with Crippen LogP contribution in [0.15, 0.2) is 42.5 Å². The molecule has 2 aromatic carbocycles. The molecule has 0 saturated carbocycles. The van der Waals surface area contributed by atoms with Crippen LogP contribution in [0.3, 0.4) is 0 Å². The van der Waals surface area contributed by atoms with Crippen LogP contribution in [0.5, 0.6) is 11.5 Å². The van der Waals surface area contributed by atoms with E-state index in [2.05, 4.69) is 16.9 Å². The molecule has 162 valence electrons. The SMILES string of the molecule is Cc1cccc(OCC(=O)NNC(=O)C(C)(C)CCCOc2cc(C)ccc2C)c1. The Labute approximate surface area is 178 Å². The first-order valence-corrected chi connectivity index (χ1v) is 10.2. The standard InChI is InChI=1S/C24H32N2O4/c1-17-8-6-9-20(14-17)30-16-22(27)25-26-23(28)24(4,5)12-7-13-29-21-15-18(2)10-11-19(21)3/h6,8-11,14-15H,7,12-13,16H2,1-5H3,(H,25,27)(H,26,28). The molecule has 2 aromatic rings. The minimum absolute atomic E-state index is 0.173. The van der Waals surface area contributed by atoms with E-state index in [-0.39, 0.29) is 12.5 Å². The molecule has 0 aromatic heterocycles. The zero-order valence-electron chi connectivity index (χ0n) is 18.5. The summed E-state index contributed by atoms with van der Waals surface area (Å²) in [6.45, 7) is 10.0. The fourth-order valence-corrected chi connectivity index (χ4v) is 2.86. The second-order valence-electron chi connectivity index (χ2n) is 8.21. The third-order valence-electron chi connectivity index (χ3n) is 4.84. The maximum absolute atomic E-state index is 12.4. The first kappa shape index (κ1) is 23.3. The van der Waals surface area contributed by atoms with Crippen molar-refractivity contribution in [1.82, 2.24) is 10.9 Å². The molecule has 0 heterocycles. The molecule has 0 bridgehead atoms. The van der Waals surface area contributed by atoms with Gasteiger partial charge in [-0.2, -0.15) is 0 Å². The lowest BCUT2D eigenvalue weighted by Crippen LogP contribution is -2.48. The highest BCUT2D eigenvalue weighted by atomic mass is 16.5. The molecule has 0 aliphatic rings. The number of carbonyl (C=O) groups is 2. The van der Waals surface area contributed by atoms with Crippen LogP contribution in [-0.2, 0) is 9.59 Å². The highest BCUT2D eigenvalue weighted by Gasteiger charge is 2.27. The van der Waals surface area contributed by atoms with Gasteiger partial charge in [-0.1, -0.05) is 38.1 Å². The highest BCUT2D eigenvalue weighted by Crippen LogP contribution is 2.24. The Morgan fingerprint density at radius 1 is 0.933 bits per heavy atom. The minimum atomic E-state index is -0.643. The normalized spacial score (nSPS) is 11.0. The van der Waals surface area contributed by atoms with Gasteiger partial charge in [-0.25, -0.2) is 0 Å². The number of ether oxygens (including phenoxy) is 2. The van der Waals surface area contributed by atoms with E-state index in [1.165, 1.54) is 0 Å². The molecule has 0 aliphatic heterocycles. The summed E-state index contributed by atoms with van der Waals surface area (Å²) in [5.41, 5.74) is 7.54. The molecule has 0 fully saturated rings. The van der Waals surface area contributed by atoms with Crippen LogP contribution < -0.4 is 20.3 Å². The van der Waals surface area contributed by atoms with Crippen LogP contribution in [0.25, 0.3) is 0 Å². The van der Waals surface area contributed by atoms with E-state index >= 15 is 0 Å². The van der Waals surface area contributed by atoms with E-state index < -0.39 is 11.3 Å². The van der Waals surface area contributed by atoms with E-state index in [9.17, 15) is 9.59 Å². The van der Waals surface area contributed by atoms with Crippen molar-refractivity contribution < 1.29 is 19.1 Å². The van der Waals surface area contributed by atoms with Crippen molar-refractivity contribution in [3.63, 3.8) is 0 Å². The molecule has 2 N–H and O–H groups in total. The average Bonchev–Trinajstić information content (AvgIpc) is 2.70. The quantitative estimate of drug-likeness (QED) is 0.482. The van der Waals surface area contributed by atoms with E-state index in [0.717, 1.165) is 28.9 Å². The number of nitrogens with one attached hydrogen (secondary N) is 2. The predicted molar refractivity (Wildman–Crippen MR) is 117 cm³/mol. The monoisotopic (exact) mass is 412 g/mol. The Kier molecular flexibility index (Phi) is 8.27. The van der Waals surface area contributed by atoms with Gasteiger partial charge in [0.15, 0.2) is 6.61 Å². The van der Waals surface area contributed by atoms with Crippen molar-refractivity contribution in [2.75, 3.05) is 13.2 Å². The number of hydrazine groups is 1. The molecule has 0 aliphatic carbocycles. The van der Waals surface area contributed by atoms with E-state index in [1.807, 2.05) is 65.0 Å². The third-order valence-corrected chi connectivity index (χ3v) is 4.84. The molecular formula is C24H32N2O4. The summed E-state index contributed by atoms with van der Waals surface area (Å²) >= 11 is 0. The number of hydrogen-bond donors (Lipinski definition) is 2. The summed E-state index contributed by atoms with van der Waals surface area (Å²) in [5, 5.41) is 0. The van der Waals surface area contributed by atoms with Crippen molar-refractivity contribution in [1.29, 1.82) is 0 Å². The third kappa shape index (κ3) is 7.43. The first-order valence-electron chi connectivity index (χ1n) is 10.2. The smallest absolute Gasteiger partial charge is 0.276 e. The van der Waals surface area contributed by atoms with Crippen molar-refractivity contribution in [2.45, 2.75) is 47.5 Å². The van der Waals surface area contributed by atoms with Gasteiger partial charge in [0.2, 0.25) is 5.91 Å². The van der Waals surface area contributed by atoms with Crippen molar-refractivity contribution in [3.05, 3.63) is 59.2 Å². The van der Waals surface area contributed by atoms with Crippen molar-refractivity contribution >= 4 is 11.8 Å². The molecule has 6 nitrogen and oxygen atoms in total. The fourth-order valence-electron chi connectivity index (χ4n) is 2.86. The number of hydrogen-bond acceptors (Lipinski definition) is 4. The van der Waals surface area contributed by atoms with Gasteiger partial charge >= 0.3 is 0 Å². The van der Waals surface area contributed by atoms with Crippen LogP contribution in [0.2, 0.25) is 0 Å². The highest BCUT2D eigenvalue weighted by molar-refractivity contribution is 5.85. The summed E-state index contributed by atoms with van der Waals surface area (Å²) < 4.78 is 11.3. The molecule has 0 radical (unpaired) electrons. The fraction of sp³-hybridized carbons (Fsp3) is 0.417. The molecule has 0 spiro atoms. The number of aryl methyl sites for hydroxylation is 3. The van der Waals surface area contributed by atoms with Crippen LogP contribution in [-0.4, -0.2) is 25.0 Å². The number of carbonyl (C=O) groups excluding carboxylic acids is 2. The lowest BCUT2D eigenvalue weighted by Gasteiger charge is -2.23. The maximum atomic E-state index is 12.4. The molecule has 2 amide bonds. The van der Waals surface area contributed by atoms with Gasteiger partial charge in [0.25, 0.3) is 5.91 Å². The Morgan fingerprint density at radius 3 is 2.40 bits per heavy atom. The molecule has 0 unspecified atom stereocenters. The van der Waals surface area contributed by atoms with Gasteiger partial charge in [0.1, 0.15) is 11.5 Å². The molecular weight excluding hydrogens is 380 g/mol. The molecule has 0 atom stereocenters. The number of rotatable bonds is 9. The Hall–Kier alpha value is -3.02. The lowest BCUT2D eigenvalue weighted by molar-refractivity contribution is -0.135. The second kappa shape index (κ2) is 10.7. The van der Waals surface area contributed by atoms with Crippen LogP contribution >= 0.6 is 0 Å². The van der Waals surface area contributed by atoms with Gasteiger partial charge in [0, 0.05) is 5.41 Å². The number of benzene rings is 2. The van der Waals surface area contributed by atoms with E-state index in [4.69, 9.17) is 9.47 Å². The summed E-state index contributed by atoms with van der Waals surface area (Å²) in [5.74, 6) is 0.816. The van der Waals surface area contributed by atoms with E-state index in [1.54, 1.807) is 6.07 Å². The maximum Gasteiger partial charge on any atom is 0.276 e. The second-order valence-corrected chi connectivity index (χ2v) is 8.21. The molecule has 2 rings (SSSR count).